The number of nitrogens with one attached hydrogen (secondary N) is 1. The largest absolute Gasteiger partial charge is 0.490 e. The quantitative estimate of drug-likeness (QED) is 0.905. The summed E-state index contributed by atoms with van der Waals surface area (Å²) in [6.45, 7) is 4.72. The summed E-state index contributed by atoms with van der Waals surface area (Å²) in [6, 6.07) is 5.17. The zero-order chi connectivity index (χ0) is 14.4. The Morgan fingerprint density at radius 3 is 2.68 bits per heavy atom. The Labute approximate surface area is 123 Å². The average molecular weight is 305 g/mol. The minimum atomic E-state index is -0.129. The standard InChI is InChI=1S/C13H18Cl2N2O2/c1-9(2)17(13(18)16-3)7-8-19-11-6-4-5-10(14)12(11)15/h4-6,9H,7-8H2,1-3H3,(H,16,18). The lowest BCUT2D eigenvalue weighted by Gasteiger charge is -2.26. The van der Waals surface area contributed by atoms with Crippen LogP contribution in [0.4, 0.5) is 4.79 Å². The predicted octanol–water partition coefficient (Wildman–Crippen LogP) is 3.42. The normalized spacial score (nSPS) is 10.4. The Bertz CT molecular complexity index is 439. The van der Waals surface area contributed by atoms with Gasteiger partial charge in [-0.15, -0.1) is 0 Å². The molecular formula is C13H18Cl2N2O2. The molecule has 1 N–H and O–H groups in total. The smallest absolute Gasteiger partial charge is 0.317 e. The van der Waals surface area contributed by atoms with E-state index in [1.54, 1.807) is 30.1 Å². The highest BCUT2D eigenvalue weighted by atomic mass is 35.5. The van der Waals surface area contributed by atoms with Crippen molar-refractivity contribution >= 4 is 29.2 Å². The maximum atomic E-state index is 11.6. The predicted molar refractivity (Wildman–Crippen MR) is 78.3 cm³/mol. The van der Waals surface area contributed by atoms with Crippen molar-refractivity contribution in [1.29, 1.82) is 0 Å². The van der Waals surface area contributed by atoms with E-state index < -0.39 is 0 Å². The Balaban J connectivity index is 2.57. The third kappa shape index (κ3) is 4.48. The number of ether oxygens (including phenoxy) is 1. The molecular weight excluding hydrogens is 287 g/mol. The van der Waals surface area contributed by atoms with E-state index in [0.29, 0.717) is 28.9 Å². The van der Waals surface area contributed by atoms with Crippen molar-refractivity contribution in [2.75, 3.05) is 20.2 Å². The van der Waals surface area contributed by atoms with E-state index in [2.05, 4.69) is 5.32 Å². The molecule has 0 atom stereocenters. The third-order valence-corrected chi connectivity index (χ3v) is 3.41. The molecule has 0 unspecified atom stereocenters. The van der Waals surface area contributed by atoms with E-state index >= 15 is 0 Å². The topological polar surface area (TPSA) is 41.6 Å². The molecule has 0 heterocycles. The van der Waals surface area contributed by atoms with Gasteiger partial charge in [-0.1, -0.05) is 29.3 Å². The summed E-state index contributed by atoms with van der Waals surface area (Å²) in [5.41, 5.74) is 0. The van der Waals surface area contributed by atoms with Gasteiger partial charge in [-0.25, -0.2) is 4.79 Å². The molecule has 6 heteroatoms. The van der Waals surface area contributed by atoms with Crippen LogP contribution in [0.1, 0.15) is 13.8 Å². The second kappa shape index (κ2) is 7.46. The maximum Gasteiger partial charge on any atom is 0.317 e. The Morgan fingerprint density at radius 1 is 1.42 bits per heavy atom. The molecule has 0 spiro atoms. The Kier molecular flexibility index (Phi) is 6.25. The lowest BCUT2D eigenvalue weighted by Crippen LogP contribution is -2.44. The van der Waals surface area contributed by atoms with Crippen LogP contribution in [0.3, 0.4) is 0 Å². The van der Waals surface area contributed by atoms with Gasteiger partial charge >= 0.3 is 6.03 Å². The number of benzene rings is 1. The lowest BCUT2D eigenvalue weighted by molar-refractivity contribution is 0.168. The van der Waals surface area contributed by atoms with Gasteiger partial charge in [0.1, 0.15) is 17.4 Å². The number of nitrogens with zero attached hydrogens (tertiary/aromatic N) is 1. The number of halogens is 2. The zero-order valence-electron chi connectivity index (χ0n) is 11.2. The van der Waals surface area contributed by atoms with Gasteiger partial charge in [-0.2, -0.15) is 0 Å². The van der Waals surface area contributed by atoms with Crippen LogP contribution < -0.4 is 10.1 Å². The van der Waals surface area contributed by atoms with Gasteiger partial charge in [0.15, 0.2) is 0 Å². The van der Waals surface area contributed by atoms with Gasteiger partial charge in [0, 0.05) is 13.1 Å². The highest BCUT2D eigenvalue weighted by Gasteiger charge is 2.15. The molecule has 0 fully saturated rings. The van der Waals surface area contributed by atoms with Crippen LogP contribution in [-0.2, 0) is 0 Å². The van der Waals surface area contributed by atoms with Crippen molar-refractivity contribution < 1.29 is 9.53 Å². The molecule has 106 valence electrons. The van der Waals surface area contributed by atoms with Gasteiger partial charge in [0.25, 0.3) is 0 Å². The van der Waals surface area contributed by atoms with E-state index in [0.717, 1.165) is 0 Å². The first-order chi connectivity index (χ1) is 8.97. The van der Waals surface area contributed by atoms with Crippen LogP contribution in [0.2, 0.25) is 10.0 Å². The summed E-state index contributed by atoms with van der Waals surface area (Å²) < 4.78 is 5.55. The molecule has 0 aliphatic heterocycles. The molecule has 0 aromatic heterocycles. The molecule has 2 amide bonds. The number of urea groups is 1. The summed E-state index contributed by atoms with van der Waals surface area (Å²) in [6.07, 6.45) is 0. The fourth-order valence-electron chi connectivity index (χ4n) is 1.59. The fraction of sp³-hybridized carbons (Fsp3) is 0.462. The number of hydrogen-bond donors (Lipinski definition) is 1. The summed E-state index contributed by atoms with van der Waals surface area (Å²) in [4.78, 5) is 13.3. The second-order valence-corrected chi connectivity index (χ2v) is 5.03. The molecule has 1 aromatic rings. The molecule has 0 saturated carbocycles. The van der Waals surface area contributed by atoms with Crippen molar-refractivity contribution in [3.05, 3.63) is 28.2 Å². The maximum absolute atomic E-state index is 11.6. The lowest BCUT2D eigenvalue weighted by atomic mass is 10.3. The molecule has 0 aliphatic carbocycles. The number of hydrogen-bond acceptors (Lipinski definition) is 2. The van der Waals surface area contributed by atoms with Crippen molar-refractivity contribution in [3.8, 4) is 5.75 Å². The molecule has 0 aliphatic rings. The first kappa shape index (κ1) is 15.9. The van der Waals surface area contributed by atoms with Crippen LogP contribution in [0, 0.1) is 0 Å². The van der Waals surface area contributed by atoms with Crippen molar-refractivity contribution in [2.24, 2.45) is 0 Å². The third-order valence-electron chi connectivity index (χ3n) is 2.60. The summed E-state index contributed by atoms with van der Waals surface area (Å²) in [7, 11) is 1.60. The molecule has 4 nitrogen and oxygen atoms in total. The van der Waals surface area contributed by atoms with E-state index in [9.17, 15) is 4.79 Å². The minimum absolute atomic E-state index is 0.0957. The second-order valence-electron chi connectivity index (χ2n) is 4.24. The van der Waals surface area contributed by atoms with Crippen LogP contribution in [0.5, 0.6) is 5.75 Å². The number of rotatable bonds is 5. The highest BCUT2D eigenvalue weighted by molar-refractivity contribution is 6.42. The first-order valence-electron chi connectivity index (χ1n) is 6.02. The van der Waals surface area contributed by atoms with Crippen molar-refractivity contribution in [3.63, 3.8) is 0 Å². The monoisotopic (exact) mass is 304 g/mol. The van der Waals surface area contributed by atoms with Gasteiger partial charge < -0.3 is 15.0 Å². The number of carbonyl (C=O) groups excluding carboxylic acids is 1. The summed E-state index contributed by atoms with van der Waals surface area (Å²) in [5.74, 6) is 0.523. The molecule has 19 heavy (non-hydrogen) atoms. The van der Waals surface area contributed by atoms with E-state index in [4.69, 9.17) is 27.9 Å². The molecule has 0 bridgehead atoms. The molecule has 1 rings (SSSR count). The van der Waals surface area contributed by atoms with E-state index in [-0.39, 0.29) is 12.1 Å². The average Bonchev–Trinajstić information content (AvgIpc) is 2.38. The number of carbonyl (C=O) groups is 1. The molecule has 1 aromatic carbocycles. The van der Waals surface area contributed by atoms with Crippen LogP contribution >= 0.6 is 23.2 Å². The van der Waals surface area contributed by atoms with E-state index in [1.165, 1.54) is 0 Å². The highest BCUT2D eigenvalue weighted by Crippen LogP contribution is 2.31. The summed E-state index contributed by atoms with van der Waals surface area (Å²) >= 11 is 11.9. The first-order valence-corrected chi connectivity index (χ1v) is 6.78. The summed E-state index contributed by atoms with van der Waals surface area (Å²) in [5, 5.41) is 3.44. The van der Waals surface area contributed by atoms with Crippen LogP contribution in [-0.4, -0.2) is 37.2 Å². The molecule has 0 saturated heterocycles. The Hall–Kier alpha value is -1.13. The SMILES string of the molecule is CNC(=O)N(CCOc1cccc(Cl)c1Cl)C(C)C. The van der Waals surface area contributed by atoms with Crippen LogP contribution in [0.25, 0.3) is 0 Å². The zero-order valence-corrected chi connectivity index (χ0v) is 12.8. The molecule has 0 radical (unpaired) electrons. The minimum Gasteiger partial charge on any atom is -0.490 e. The van der Waals surface area contributed by atoms with Gasteiger partial charge in [-0.05, 0) is 26.0 Å². The number of amides is 2. The Morgan fingerprint density at radius 2 is 2.11 bits per heavy atom. The van der Waals surface area contributed by atoms with Crippen LogP contribution in [0.15, 0.2) is 18.2 Å². The van der Waals surface area contributed by atoms with Gasteiger partial charge in [0.05, 0.1) is 11.6 Å². The van der Waals surface area contributed by atoms with Crippen molar-refractivity contribution in [2.45, 2.75) is 19.9 Å². The van der Waals surface area contributed by atoms with Gasteiger partial charge in [0.2, 0.25) is 0 Å². The van der Waals surface area contributed by atoms with Crippen molar-refractivity contribution in [1.82, 2.24) is 10.2 Å². The van der Waals surface area contributed by atoms with E-state index in [1.807, 2.05) is 13.8 Å². The van der Waals surface area contributed by atoms with Gasteiger partial charge in [-0.3, -0.25) is 0 Å². The fourth-order valence-corrected chi connectivity index (χ4v) is 1.93.